The van der Waals surface area contributed by atoms with Crippen molar-refractivity contribution >= 4 is 0 Å². The first-order valence-electron chi connectivity index (χ1n) is 11.3. The normalized spacial score (nSPS) is 17.9. The van der Waals surface area contributed by atoms with Crippen molar-refractivity contribution in [1.82, 2.24) is 4.90 Å². The molecule has 0 saturated carbocycles. The molecule has 1 unspecified atom stereocenters. The molecular formula is C28H33N. The Morgan fingerprint density at radius 2 is 1.24 bits per heavy atom. The topological polar surface area (TPSA) is 3.24 Å². The van der Waals surface area contributed by atoms with Gasteiger partial charge in [-0.05, 0) is 48.4 Å². The standard InChI is InChI=1S/C28H33N/c1-2-3-14-24-15-13-22-29(23-24)28(25-16-7-4-8-17-25,26-18-9-5-10-19-26)27-20-11-6-12-21-27/h4-12,16-21,24H,2-3,13-15,22-23H2,1H3. The van der Waals surface area contributed by atoms with Crippen LogP contribution in [-0.4, -0.2) is 18.0 Å². The lowest BCUT2D eigenvalue weighted by atomic mass is 9.74. The average Bonchev–Trinajstić information content (AvgIpc) is 2.81. The van der Waals surface area contributed by atoms with Crippen LogP contribution < -0.4 is 0 Å². The van der Waals surface area contributed by atoms with Crippen molar-refractivity contribution in [1.29, 1.82) is 0 Å². The quantitative estimate of drug-likeness (QED) is 0.402. The first kappa shape index (κ1) is 19.9. The number of hydrogen-bond donors (Lipinski definition) is 0. The second-order valence-corrected chi connectivity index (χ2v) is 8.40. The maximum absolute atomic E-state index is 2.77. The van der Waals surface area contributed by atoms with Gasteiger partial charge in [-0.3, -0.25) is 4.90 Å². The Labute approximate surface area is 176 Å². The molecule has 0 aromatic heterocycles. The van der Waals surface area contributed by atoms with Crippen LogP contribution in [0, 0.1) is 5.92 Å². The van der Waals surface area contributed by atoms with E-state index in [4.69, 9.17) is 0 Å². The van der Waals surface area contributed by atoms with Crippen LogP contribution in [0.3, 0.4) is 0 Å². The summed E-state index contributed by atoms with van der Waals surface area (Å²) in [7, 11) is 0. The molecule has 150 valence electrons. The average molecular weight is 384 g/mol. The summed E-state index contributed by atoms with van der Waals surface area (Å²) in [4.78, 5) is 2.77. The fourth-order valence-corrected chi connectivity index (χ4v) is 5.18. The lowest BCUT2D eigenvalue weighted by molar-refractivity contribution is 0.0888. The van der Waals surface area contributed by atoms with Crippen LogP contribution in [0.1, 0.15) is 55.7 Å². The highest BCUT2D eigenvalue weighted by molar-refractivity contribution is 5.49. The summed E-state index contributed by atoms with van der Waals surface area (Å²) in [5.74, 6) is 0.791. The number of hydrogen-bond acceptors (Lipinski definition) is 1. The molecule has 1 heteroatoms. The fraction of sp³-hybridized carbons (Fsp3) is 0.357. The predicted molar refractivity (Wildman–Crippen MR) is 123 cm³/mol. The second kappa shape index (κ2) is 9.41. The van der Waals surface area contributed by atoms with Crippen LogP contribution >= 0.6 is 0 Å². The van der Waals surface area contributed by atoms with E-state index >= 15 is 0 Å². The molecule has 0 N–H and O–H groups in total. The fourth-order valence-electron chi connectivity index (χ4n) is 5.18. The maximum Gasteiger partial charge on any atom is 0.0973 e. The summed E-state index contributed by atoms with van der Waals surface area (Å²) in [5.41, 5.74) is 3.87. The minimum absolute atomic E-state index is 0.241. The molecule has 0 spiro atoms. The van der Waals surface area contributed by atoms with Crippen LogP contribution in [0.5, 0.6) is 0 Å². The van der Waals surface area contributed by atoms with E-state index in [0.717, 1.165) is 12.5 Å². The van der Waals surface area contributed by atoms with E-state index in [1.54, 1.807) is 0 Å². The molecule has 0 radical (unpaired) electrons. The molecule has 3 aromatic carbocycles. The molecule has 1 saturated heterocycles. The Morgan fingerprint density at radius 3 is 1.69 bits per heavy atom. The summed E-state index contributed by atoms with van der Waals surface area (Å²) in [6, 6.07) is 33.4. The number of rotatable bonds is 7. The zero-order valence-corrected chi connectivity index (χ0v) is 17.6. The minimum Gasteiger partial charge on any atom is -0.286 e. The van der Waals surface area contributed by atoms with Crippen LogP contribution in [0.2, 0.25) is 0 Å². The van der Waals surface area contributed by atoms with Gasteiger partial charge in [-0.15, -0.1) is 0 Å². The smallest absolute Gasteiger partial charge is 0.0973 e. The molecule has 4 rings (SSSR count). The summed E-state index contributed by atoms with van der Waals surface area (Å²) >= 11 is 0. The molecule has 1 atom stereocenters. The van der Waals surface area contributed by atoms with Crippen molar-refractivity contribution in [2.45, 2.75) is 44.6 Å². The third kappa shape index (κ3) is 4.02. The summed E-state index contributed by atoms with van der Waals surface area (Å²) < 4.78 is 0. The highest BCUT2D eigenvalue weighted by Crippen LogP contribution is 2.44. The monoisotopic (exact) mass is 383 g/mol. The van der Waals surface area contributed by atoms with Crippen LogP contribution in [0.4, 0.5) is 0 Å². The number of likely N-dealkylation sites (tertiary alicyclic amines) is 1. The van der Waals surface area contributed by atoms with Gasteiger partial charge in [0.05, 0.1) is 5.54 Å². The number of unbranched alkanes of at least 4 members (excludes halogenated alkanes) is 1. The van der Waals surface area contributed by atoms with E-state index < -0.39 is 0 Å². The third-order valence-electron chi connectivity index (χ3n) is 6.53. The lowest BCUT2D eigenvalue weighted by Gasteiger charge is -2.49. The number of benzene rings is 3. The molecule has 1 fully saturated rings. The van der Waals surface area contributed by atoms with Gasteiger partial charge in [0.15, 0.2) is 0 Å². The van der Waals surface area contributed by atoms with Gasteiger partial charge in [0.1, 0.15) is 0 Å². The molecule has 1 heterocycles. The Morgan fingerprint density at radius 1 is 0.759 bits per heavy atom. The molecule has 1 nitrogen and oxygen atoms in total. The molecule has 0 bridgehead atoms. The first-order chi connectivity index (χ1) is 14.4. The van der Waals surface area contributed by atoms with Crippen molar-refractivity contribution in [3.63, 3.8) is 0 Å². The van der Waals surface area contributed by atoms with E-state index in [-0.39, 0.29) is 5.54 Å². The van der Waals surface area contributed by atoms with E-state index in [1.165, 1.54) is 55.3 Å². The summed E-state index contributed by atoms with van der Waals surface area (Å²) in [6.07, 6.45) is 6.63. The van der Waals surface area contributed by atoms with Crippen LogP contribution in [0.15, 0.2) is 91.0 Å². The zero-order valence-electron chi connectivity index (χ0n) is 17.6. The molecule has 0 amide bonds. The van der Waals surface area contributed by atoms with Crippen molar-refractivity contribution in [2.75, 3.05) is 13.1 Å². The second-order valence-electron chi connectivity index (χ2n) is 8.40. The summed E-state index contributed by atoms with van der Waals surface area (Å²) in [5, 5.41) is 0. The van der Waals surface area contributed by atoms with E-state index in [0.29, 0.717) is 0 Å². The van der Waals surface area contributed by atoms with Crippen molar-refractivity contribution < 1.29 is 0 Å². The van der Waals surface area contributed by atoms with Gasteiger partial charge < -0.3 is 0 Å². The van der Waals surface area contributed by atoms with Crippen molar-refractivity contribution in [3.8, 4) is 0 Å². The molecule has 1 aliphatic heterocycles. The maximum atomic E-state index is 2.77. The Hall–Kier alpha value is -2.38. The Balaban J connectivity index is 1.88. The van der Waals surface area contributed by atoms with Gasteiger partial charge in [-0.2, -0.15) is 0 Å². The van der Waals surface area contributed by atoms with Crippen LogP contribution in [0.25, 0.3) is 0 Å². The minimum atomic E-state index is -0.241. The van der Waals surface area contributed by atoms with Gasteiger partial charge in [-0.1, -0.05) is 111 Å². The van der Waals surface area contributed by atoms with E-state index in [2.05, 4.69) is 103 Å². The van der Waals surface area contributed by atoms with Crippen molar-refractivity contribution in [2.24, 2.45) is 5.92 Å². The first-order valence-corrected chi connectivity index (χ1v) is 11.3. The number of nitrogens with zero attached hydrogens (tertiary/aromatic N) is 1. The SMILES string of the molecule is CCCCC1CCCN(C(c2ccccc2)(c2ccccc2)c2ccccc2)C1. The highest BCUT2D eigenvalue weighted by atomic mass is 15.2. The largest absolute Gasteiger partial charge is 0.286 e. The van der Waals surface area contributed by atoms with Crippen LogP contribution in [-0.2, 0) is 5.54 Å². The summed E-state index contributed by atoms with van der Waals surface area (Å²) in [6.45, 7) is 4.61. The van der Waals surface area contributed by atoms with Gasteiger partial charge in [0, 0.05) is 6.54 Å². The van der Waals surface area contributed by atoms with Gasteiger partial charge >= 0.3 is 0 Å². The van der Waals surface area contributed by atoms with Crippen molar-refractivity contribution in [3.05, 3.63) is 108 Å². The molecule has 29 heavy (non-hydrogen) atoms. The highest BCUT2D eigenvalue weighted by Gasteiger charge is 2.43. The Kier molecular flexibility index (Phi) is 6.46. The predicted octanol–water partition coefficient (Wildman–Crippen LogP) is 6.88. The molecular weight excluding hydrogens is 350 g/mol. The zero-order chi connectivity index (χ0) is 19.9. The van der Waals surface area contributed by atoms with Gasteiger partial charge in [-0.25, -0.2) is 0 Å². The molecule has 3 aromatic rings. The van der Waals surface area contributed by atoms with Gasteiger partial charge in [0.25, 0.3) is 0 Å². The number of piperidine rings is 1. The lowest BCUT2D eigenvalue weighted by Crippen LogP contribution is -2.52. The molecule has 1 aliphatic rings. The molecule has 0 aliphatic carbocycles. The third-order valence-corrected chi connectivity index (χ3v) is 6.53. The van der Waals surface area contributed by atoms with E-state index in [1.807, 2.05) is 0 Å². The Bertz CT molecular complexity index is 760. The van der Waals surface area contributed by atoms with Gasteiger partial charge in [0.2, 0.25) is 0 Å². The van der Waals surface area contributed by atoms with E-state index in [9.17, 15) is 0 Å².